The van der Waals surface area contributed by atoms with E-state index in [-0.39, 0.29) is 36.6 Å². The van der Waals surface area contributed by atoms with Crippen molar-refractivity contribution in [2.24, 2.45) is 4.99 Å². The maximum absolute atomic E-state index is 10.6. The monoisotopic (exact) mass is 507 g/mol. The number of furan rings is 1. The van der Waals surface area contributed by atoms with Crippen LogP contribution in [0.5, 0.6) is 0 Å². The molecule has 160 valence electrons. The third-order valence-electron chi connectivity index (χ3n) is 5.21. The van der Waals surface area contributed by atoms with Crippen molar-refractivity contribution >= 4 is 29.9 Å². The summed E-state index contributed by atoms with van der Waals surface area (Å²) in [6, 6.07) is 3.56. The third kappa shape index (κ3) is 6.60. The number of aliphatic hydroxyl groups is 1. The quantitative estimate of drug-likeness (QED) is 0.336. The van der Waals surface area contributed by atoms with Crippen LogP contribution < -0.4 is 5.32 Å². The van der Waals surface area contributed by atoms with Gasteiger partial charge in [0.05, 0.1) is 31.6 Å². The SMILES string of the molecule is CCNC(=NCC(C)(O)c1ccco1)N1CCC(OCC2CCCO2)CC1.I. The number of halogens is 1. The van der Waals surface area contributed by atoms with E-state index in [1.807, 2.05) is 0 Å². The summed E-state index contributed by atoms with van der Waals surface area (Å²) in [5.41, 5.74) is -1.12. The van der Waals surface area contributed by atoms with Crippen molar-refractivity contribution in [1.29, 1.82) is 0 Å². The van der Waals surface area contributed by atoms with Gasteiger partial charge in [0.2, 0.25) is 0 Å². The Bertz CT molecular complexity index is 580. The van der Waals surface area contributed by atoms with Gasteiger partial charge in [0.25, 0.3) is 0 Å². The second kappa shape index (κ2) is 11.4. The number of nitrogens with one attached hydrogen (secondary N) is 1. The first kappa shape index (κ1) is 23.4. The molecule has 0 aliphatic carbocycles. The third-order valence-corrected chi connectivity index (χ3v) is 5.21. The second-order valence-electron chi connectivity index (χ2n) is 7.58. The number of guanidine groups is 1. The minimum atomic E-state index is -1.12. The van der Waals surface area contributed by atoms with Crippen LogP contribution in [0.4, 0.5) is 0 Å². The van der Waals surface area contributed by atoms with Crippen LogP contribution in [0, 0.1) is 0 Å². The standard InChI is InChI=1S/C20H33N3O4.HI/c1-3-21-19(22-15-20(2,24)18-7-5-13-26-18)23-10-8-16(9-11-23)27-14-17-6-4-12-25-17;/h5,7,13,16-17,24H,3-4,6,8-12,14-15H2,1-2H3,(H,21,22);1H. The molecule has 1 aromatic heterocycles. The number of ether oxygens (including phenoxy) is 2. The summed E-state index contributed by atoms with van der Waals surface area (Å²) in [6.07, 6.45) is 6.37. The predicted octanol–water partition coefficient (Wildman–Crippen LogP) is 2.73. The average Bonchev–Trinajstić information content (AvgIpc) is 3.38. The van der Waals surface area contributed by atoms with Gasteiger partial charge in [0.1, 0.15) is 11.4 Å². The highest BCUT2D eigenvalue weighted by atomic mass is 127. The molecule has 28 heavy (non-hydrogen) atoms. The Morgan fingerprint density at radius 2 is 2.18 bits per heavy atom. The molecule has 3 rings (SSSR count). The summed E-state index contributed by atoms with van der Waals surface area (Å²) >= 11 is 0. The number of rotatable bonds is 7. The lowest BCUT2D eigenvalue weighted by atomic mass is 10.0. The second-order valence-corrected chi connectivity index (χ2v) is 7.58. The van der Waals surface area contributed by atoms with E-state index >= 15 is 0 Å². The van der Waals surface area contributed by atoms with E-state index in [4.69, 9.17) is 13.9 Å². The van der Waals surface area contributed by atoms with Crippen molar-refractivity contribution in [3.05, 3.63) is 24.2 Å². The molecule has 3 heterocycles. The lowest BCUT2D eigenvalue weighted by Crippen LogP contribution is -2.47. The number of aliphatic imine (C=N–C) groups is 1. The molecular formula is C20H34IN3O4. The fourth-order valence-electron chi connectivity index (χ4n) is 3.57. The van der Waals surface area contributed by atoms with Gasteiger partial charge in [-0.05, 0) is 51.7 Å². The molecule has 1 aromatic rings. The highest BCUT2D eigenvalue weighted by molar-refractivity contribution is 14.0. The summed E-state index contributed by atoms with van der Waals surface area (Å²) in [6.45, 7) is 8.19. The molecule has 2 atom stereocenters. The summed E-state index contributed by atoms with van der Waals surface area (Å²) < 4.78 is 17.0. The van der Waals surface area contributed by atoms with Crippen molar-refractivity contribution in [3.63, 3.8) is 0 Å². The summed E-state index contributed by atoms with van der Waals surface area (Å²) in [4.78, 5) is 6.90. The van der Waals surface area contributed by atoms with Crippen LogP contribution in [0.25, 0.3) is 0 Å². The molecule has 0 spiro atoms. The Hall–Kier alpha value is -0.840. The predicted molar refractivity (Wildman–Crippen MR) is 119 cm³/mol. The zero-order valence-electron chi connectivity index (χ0n) is 16.9. The van der Waals surface area contributed by atoms with Gasteiger partial charge < -0.3 is 29.2 Å². The molecule has 2 aliphatic heterocycles. The van der Waals surface area contributed by atoms with Gasteiger partial charge in [-0.1, -0.05) is 0 Å². The first-order valence-electron chi connectivity index (χ1n) is 10.1. The van der Waals surface area contributed by atoms with E-state index in [0.717, 1.165) is 57.9 Å². The fraction of sp³-hybridized carbons (Fsp3) is 0.750. The van der Waals surface area contributed by atoms with Gasteiger partial charge >= 0.3 is 0 Å². The molecule has 0 aromatic carbocycles. The Morgan fingerprint density at radius 1 is 1.39 bits per heavy atom. The van der Waals surface area contributed by atoms with Gasteiger partial charge in [-0.2, -0.15) is 0 Å². The number of likely N-dealkylation sites (tertiary alicyclic amines) is 1. The molecule has 0 radical (unpaired) electrons. The highest BCUT2D eigenvalue weighted by Gasteiger charge is 2.28. The summed E-state index contributed by atoms with van der Waals surface area (Å²) in [5, 5.41) is 14.0. The Balaban J connectivity index is 0.00000280. The normalized spacial score (nSPS) is 23.3. The Kier molecular flexibility index (Phi) is 9.52. The van der Waals surface area contributed by atoms with Gasteiger partial charge in [-0.25, -0.2) is 4.99 Å². The largest absolute Gasteiger partial charge is 0.466 e. The number of nitrogens with zero attached hydrogens (tertiary/aromatic N) is 2. The minimum Gasteiger partial charge on any atom is -0.466 e. The first-order valence-corrected chi connectivity index (χ1v) is 10.1. The smallest absolute Gasteiger partial charge is 0.194 e. The van der Waals surface area contributed by atoms with Crippen LogP contribution in [0.3, 0.4) is 0 Å². The van der Waals surface area contributed by atoms with E-state index in [0.29, 0.717) is 18.5 Å². The van der Waals surface area contributed by atoms with Crippen molar-refractivity contribution in [2.75, 3.05) is 39.4 Å². The van der Waals surface area contributed by atoms with E-state index in [1.165, 1.54) is 0 Å². The molecule has 0 bridgehead atoms. The van der Waals surface area contributed by atoms with Crippen LogP contribution in [0.2, 0.25) is 0 Å². The molecule has 2 saturated heterocycles. The minimum absolute atomic E-state index is 0. The van der Waals surface area contributed by atoms with Gasteiger partial charge in [0.15, 0.2) is 5.96 Å². The average molecular weight is 507 g/mol. The Morgan fingerprint density at radius 3 is 2.79 bits per heavy atom. The van der Waals surface area contributed by atoms with Crippen molar-refractivity contribution in [2.45, 2.75) is 57.3 Å². The lowest BCUT2D eigenvalue weighted by molar-refractivity contribution is -0.0367. The molecule has 7 nitrogen and oxygen atoms in total. The molecular weight excluding hydrogens is 473 g/mol. The molecule has 0 saturated carbocycles. The Labute approximate surface area is 184 Å². The zero-order chi connectivity index (χ0) is 19.1. The number of hydrogen-bond donors (Lipinski definition) is 2. The van der Waals surface area contributed by atoms with Gasteiger partial charge in [-0.3, -0.25) is 0 Å². The van der Waals surface area contributed by atoms with Crippen LogP contribution >= 0.6 is 24.0 Å². The molecule has 8 heteroatoms. The molecule has 2 N–H and O–H groups in total. The molecule has 2 unspecified atom stereocenters. The number of hydrogen-bond acceptors (Lipinski definition) is 5. The lowest BCUT2D eigenvalue weighted by Gasteiger charge is -2.35. The van der Waals surface area contributed by atoms with Crippen LogP contribution in [0.1, 0.15) is 45.3 Å². The van der Waals surface area contributed by atoms with E-state index in [2.05, 4.69) is 22.1 Å². The van der Waals surface area contributed by atoms with E-state index in [9.17, 15) is 5.11 Å². The molecule has 2 aliphatic rings. The topological polar surface area (TPSA) is 79.5 Å². The maximum atomic E-state index is 10.6. The van der Waals surface area contributed by atoms with Gasteiger partial charge in [-0.15, -0.1) is 24.0 Å². The van der Waals surface area contributed by atoms with E-state index in [1.54, 1.807) is 25.3 Å². The summed E-state index contributed by atoms with van der Waals surface area (Å²) in [5.74, 6) is 1.37. The van der Waals surface area contributed by atoms with Crippen molar-refractivity contribution < 1.29 is 19.0 Å². The zero-order valence-corrected chi connectivity index (χ0v) is 19.3. The van der Waals surface area contributed by atoms with Crippen molar-refractivity contribution in [1.82, 2.24) is 10.2 Å². The van der Waals surface area contributed by atoms with Gasteiger partial charge in [0, 0.05) is 26.2 Å². The van der Waals surface area contributed by atoms with Crippen LogP contribution in [0.15, 0.2) is 27.8 Å². The van der Waals surface area contributed by atoms with Crippen LogP contribution in [-0.4, -0.2) is 67.6 Å². The highest BCUT2D eigenvalue weighted by Crippen LogP contribution is 2.22. The number of piperidine rings is 1. The summed E-state index contributed by atoms with van der Waals surface area (Å²) in [7, 11) is 0. The molecule has 0 amide bonds. The van der Waals surface area contributed by atoms with Crippen LogP contribution in [-0.2, 0) is 15.1 Å². The molecule has 2 fully saturated rings. The van der Waals surface area contributed by atoms with E-state index < -0.39 is 5.60 Å². The fourth-order valence-corrected chi connectivity index (χ4v) is 3.57. The maximum Gasteiger partial charge on any atom is 0.194 e. The first-order chi connectivity index (χ1) is 13.1. The van der Waals surface area contributed by atoms with Crippen molar-refractivity contribution in [3.8, 4) is 0 Å².